The van der Waals surface area contributed by atoms with E-state index in [-0.39, 0.29) is 17.4 Å². The zero-order valence-corrected chi connectivity index (χ0v) is 14.0. The van der Waals surface area contributed by atoms with Crippen molar-refractivity contribution in [2.75, 3.05) is 0 Å². The molecular weight excluding hydrogens is 288 g/mol. The number of rotatable bonds is 3. The summed E-state index contributed by atoms with van der Waals surface area (Å²) in [5, 5.41) is 3.30. The molecule has 0 aromatic carbocycles. The van der Waals surface area contributed by atoms with Crippen molar-refractivity contribution in [1.29, 1.82) is 0 Å². The van der Waals surface area contributed by atoms with Crippen LogP contribution in [-0.2, 0) is 16.8 Å². The number of carbonyl (C=O) groups excluding carboxylic acids is 1. The highest BCUT2D eigenvalue weighted by Crippen LogP contribution is 2.49. The molecule has 3 rings (SSSR count). The molecule has 0 saturated heterocycles. The molecule has 2 aliphatic rings. The maximum atomic E-state index is 12.4. The van der Waals surface area contributed by atoms with Gasteiger partial charge in [0.2, 0.25) is 11.5 Å². The zero-order valence-electron chi connectivity index (χ0n) is 14.0. The number of pyridine rings is 1. The first-order chi connectivity index (χ1) is 11.0. The molecule has 2 aliphatic carbocycles. The van der Waals surface area contributed by atoms with Gasteiger partial charge in [0.25, 0.3) is 0 Å². The molecule has 4 nitrogen and oxygen atoms in total. The van der Waals surface area contributed by atoms with Crippen molar-refractivity contribution < 1.29 is 4.79 Å². The highest BCUT2D eigenvalue weighted by atomic mass is 16.1. The summed E-state index contributed by atoms with van der Waals surface area (Å²) in [5.74, 6) is 0.306. The summed E-state index contributed by atoms with van der Waals surface area (Å²) in [6.07, 6.45) is 7.29. The Hall–Kier alpha value is -2.10. The fourth-order valence-corrected chi connectivity index (χ4v) is 4.22. The predicted molar refractivity (Wildman–Crippen MR) is 91.1 cm³/mol. The average Bonchev–Trinajstić information content (AvgIpc) is 2.46. The molecule has 1 aromatic rings. The summed E-state index contributed by atoms with van der Waals surface area (Å²) in [4.78, 5) is 27.1. The lowest BCUT2D eigenvalue weighted by Gasteiger charge is -2.48. The molecule has 122 valence electrons. The summed E-state index contributed by atoms with van der Waals surface area (Å²) in [7, 11) is 0. The zero-order chi connectivity index (χ0) is 16.6. The second-order valence-electron chi connectivity index (χ2n) is 6.66. The molecule has 0 unspecified atom stereocenters. The van der Waals surface area contributed by atoms with E-state index in [9.17, 15) is 9.59 Å². The molecule has 1 amide bonds. The third-order valence-corrected chi connectivity index (χ3v) is 4.95. The van der Waals surface area contributed by atoms with Crippen molar-refractivity contribution in [3.63, 3.8) is 0 Å². The van der Waals surface area contributed by atoms with Crippen molar-refractivity contribution in [2.24, 2.45) is 5.92 Å². The van der Waals surface area contributed by atoms with Gasteiger partial charge in [0.1, 0.15) is 0 Å². The molecule has 1 heterocycles. The average molecular weight is 312 g/mol. The number of carbonyl (C=O) groups is 1. The van der Waals surface area contributed by atoms with Gasteiger partial charge in [-0.25, -0.2) is 0 Å². The lowest BCUT2D eigenvalue weighted by atomic mass is 9.63. The fourth-order valence-electron chi connectivity index (χ4n) is 4.22. The third-order valence-electron chi connectivity index (χ3n) is 4.95. The summed E-state index contributed by atoms with van der Waals surface area (Å²) in [6.45, 7) is 6.17. The Balaban J connectivity index is 2.19. The molecule has 23 heavy (non-hydrogen) atoms. The SMILES string of the molecule is C/C=C1\[C@H]2C=C(C)C[C@]1(NC(=O)CCC)c1ccc(=O)[nH]c1C2. The Bertz CT molecular complexity index is 757. The van der Waals surface area contributed by atoms with Crippen molar-refractivity contribution >= 4 is 5.91 Å². The van der Waals surface area contributed by atoms with Crippen LogP contribution in [-0.4, -0.2) is 10.9 Å². The molecule has 1 aromatic heterocycles. The molecule has 0 fully saturated rings. The number of hydrogen-bond donors (Lipinski definition) is 2. The maximum Gasteiger partial charge on any atom is 0.248 e. The van der Waals surface area contributed by atoms with E-state index in [1.54, 1.807) is 6.07 Å². The Labute approximate surface area is 136 Å². The summed E-state index contributed by atoms with van der Waals surface area (Å²) < 4.78 is 0. The van der Waals surface area contributed by atoms with Gasteiger partial charge >= 0.3 is 0 Å². The summed E-state index contributed by atoms with van der Waals surface area (Å²) in [5.41, 5.74) is 3.93. The van der Waals surface area contributed by atoms with E-state index in [4.69, 9.17) is 0 Å². The lowest BCUT2D eigenvalue weighted by Crippen LogP contribution is -2.53. The van der Waals surface area contributed by atoms with Gasteiger partial charge in [0, 0.05) is 29.7 Å². The van der Waals surface area contributed by atoms with Crippen LogP contribution in [0.15, 0.2) is 40.2 Å². The van der Waals surface area contributed by atoms with Crippen molar-refractivity contribution in [1.82, 2.24) is 10.3 Å². The Morgan fingerprint density at radius 3 is 2.96 bits per heavy atom. The number of hydrogen-bond acceptors (Lipinski definition) is 2. The normalized spacial score (nSPS) is 27.3. The number of H-pyrrole nitrogens is 1. The van der Waals surface area contributed by atoms with Gasteiger partial charge in [-0.2, -0.15) is 0 Å². The van der Waals surface area contributed by atoms with Crippen LogP contribution < -0.4 is 10.9 Å². The summed E-state index contributed by atoms with van der Waals surface area (Å²) in [6, 6.07) is 3.45. The first-order valence-corrected chi connectivity index (χ1v) is 8.38. The topological polar surface area (TPSA) is 62.0 Å². The smallest absolute Gasteiger partial charge is 0.248 e. The van der Waals surface area contributed by atoms with Crippen LogP contribution in [0.2, 0.25) is 0 Å². The number of aromatic amines is 1. The van der Waals surface area contributed by atoms with Gasteiger partial charge in [-0.05, 0) is 44.7 Å². The molecule has 0 spiro atoms. The van der Waals surface area contributed by atoms with Gasteiger partial charge in [-0.1, -0.05) is 24.6 Å². The molecule has 0 radical (unpaired) electrons. The molecular formula is C19H24N2O2. The van der Waals surface area contributed by atoms with Crippen molar-refractivity contribution in [3.8, 4) is 0 Å². The second-order valence-corrected chi connectivity index (χ2v) is 6.66. The molecule has 0 saturated carbocycles. The van der Waals surface area contributed by atoms with Crippen molar-refractivity contribution in [2.45, 2.75) is 52.0 Å². The van der Waals surface area contributed by atoms with Crippen LogP contribution in [0.1, 0.15) is 51.3 Å². The first kappa shape index (κ1) is 15.8. The van der Waals surface area contributed by atoms with E-state index in [0.29, 0.717) is 6.42 Å². The highest BCUT2D eigenvalue weighted by Gasteiger charge is 2.47. The predicted octanol–water partition coefficient (Wildman–Crippen LogP) is 2.96. The van der Waals surface area contributed by atoms with E-state index >= 15 is 0 Å². The fraction of sp³-hybridized carbons (Fsp3) is 0.474. The second kappa shape index (κ2) is 5.84. The van der Waals surface area contributed by atoms with Gasteiger partial charge in [-0.15, -0.1) is 0 Å². The molecule has 4 heteroatoms. The van der Waals surface area contributed by atoms with E-state index in [1.165, 1.54) is 11.1 Å². The quantitative estimate of drug-likeness (QED) is 0.843. The van der Waals surface area contributed by atoms with Gasteiger partial charge < -0.3 is 10.3 Å². The largest absolute Gasteiger partial charge is 0.342 e. The summed E-state index contributed by atoms with van der Waals surface area (Å²) >= 11 is 0. The lowest BCUT2D eigenvalue weighted by molar-refractivity contribution is -0.123. The first-order valence-electron chi connectivity index (χ1n) is 8.38. The minimum atomic E-state index is -0.512. The van der Waals surface area contributed by atoms with E-state index in [2.05, 4.69) is 29.4 Å². The van der Waals surface area contributed by atoms with Crippen LogP contribution in [0.25, 0.3) is 0 Å². The van der Waals surface area contributed by atoms with Crippen molar-refractivity contribution in [3.05, 3.63) is 57.0 Å². The minimum Gasteiger partial charge on any atom is -0.342 e. The molecule has 2 bridgehead atoms. The van der Waals surface area contributed by atoms with Gasteiger partial charge in [0.05, 0.1) is 5.54 Å². The Morgan fingerprint density at radius 2 is 2.26 bits per heavy atom. The standard InChI is InChI=1S/C19H24N2O2/c1-4-6-18(23)21-19-11-12(3)9-13(14(19)5-2)10-16-15(19)7-8-17(22)20-16/h5,7-9,13H,4,6,10-11H2,1-3H3,(H,20,22)(H,21,23)/b14-5+/t13-,19+/m0/s1. The minimum absolute atomic E-state index is 0.0688. The number of allylic oxidation sites excluding steroid dienone is 2. The molecule has 2 atom stereocenters. The van der Waals surface area contributed by atoms with E-state index < -0.39 is 5.54 Å². The number of nitrogens with one attached hydrogen (secondary N) is 2. The molecule has 0 aliphatic heterocycles. The van der Waals surface area contributed by atoms with Crippen LogP contribution in [0.3, 0.4) is 0 Å². The number of fused-ring (bicyclic) bond motifs is 4. The van der Waals surface area contributed by atoms with E-state index in [0.717, 1.165) is 30.5 Å². The number of aromatic nitrogens is 1. The van der Waals surface area contributed by atoms with Gasteiger partial charge in [0.15, 0.2) is 0 Å². The monoisotopic (exact) mass is 312 g/mol. The Kier molecular flexibility index (Phi) is 4.00. The molecule has 2 N–H and O–H groups in total. The van der Waals surface area contributed by atoms with Crippen LogP contribution in [0.4, 0.5) is 0 Å². The Morgan fingerprint density at radius 1 is 1.48 bits per heavy atom. The van der Waals surface area contributed by atoms with Gasteiger partial charge in [-0.3, -0.25) is 9.59 Å². The third kappa shape index (κ3) is 2.56. The van der Waals surface area contributed by atoms with Crippen LogP contribution in [0.5, 0.6) is 0 Å². The highest BCUT2D eigenvalue weighted by molar-refractivity contribution is 5.78. The van der Waals surface area contributed by atoms with E-state index in [1.807, 2.05) is 19.9 Å². The van der Waals surface area contributed by atoms with Crippen LogP contribution >= 0.6 is 0 Å². The van der Waals surface area contributed by atoms with Crippen LogP contribution in [0, 0.1) is 5.92 Å². The number of amides is 1. The maximum absolute atomic E-state index is 12.4.